The molecule has 2 heterocycles. The van der Waals surface area contributed by atoms with Crippen LogP contribution in [-0.4, -0.2) is 21.9 Å². The average Bonchev–Trinajstić information content (AvgIpc) is 3.23. The number of aryl methyl sites for hydroxylation is 2. The van der Waals surface area contributed by atoms with E-state index in [4.69, 9.17) is 0 Å². The van der Waals surface area contributed by atoms with Crippen LogP contribution in [0.5, 0.6) is 0 Å². The molecular formula is C17H21N3O2S. The zero-order chi connectivity index (χ0) is 16.0. The number of thiophene rings is 1. The Hall–Kier alpha value is -1.69. The summed E-state index contributed by atoms with van der Waals surface area (Å²) in [5.41, 5.74) is 1.16. The van der Waals surface area contributed by atoms with Crippen molar-refractivity contribution in [3.63, 3.8) is 0 Å². The molecule has 2 aliphatic rings. The fraction of sp³-hybridized carbons (Fsp3) is 0.588. The van der Waals surface area contributed by atoms with Crippen molar-refractivity contribution >= 4 is 27.5 Å². The van der Waals surface area contributed by atoms with Crippen LogP contribution < -0.4 is 10.9 Å². The van der Waals surface area contributed by atoms with Crippen LogP contribution in [0.2, 0.25) is 0 Å². The van der Waals surface area contributed by atoms with Gasteiger partial charge in [-0.1, -0.05) is 6.92 Å². The lowest BCUT2D eigenvalue weighted by Gasteiger charge is -2.17. The number of carbonyl (C=O) groups is 1. The topological polar surface area (TPSA) is 74.8 Å². The summed E-state index contributed by atoms with van der Waals surface area (Å²) in [7, 11) is 0. The van der Waals surface area contributed by atoms with Gasteiger partial charge in [0.1, 0.15) is 10.7 Å². The Morgan fingerprint density at radius 3 is 3.00 bits per heavy atom. The van der Waals surface area contributed by atoms with Crippen LogP contribution in [0.1, 0.15) is 48.9 Å². The largest absolute Gasteiger partial charge is 0.353 e. The average molecular weight is 331 g/mol. The van der Waals surface area contributed by atoms with Gasteiger partial charge in [0.25, 0.3) is 5.56 Å². The third kappa shape index (κ3) is 3.04. The maximum absolute atomic E-state index is 12.5. The summed E-state index contributed by atoms with van der Waals surface area (Å²) < 4.78 is 0. The minimum Gasteiger partial charge on any atom is -0.353 e. The lowest BCUT2D eigenvalue weighted by molar-refractivity contribution is -0.121. The third-order valence-electron chi connectivity index (χ3n) is 4.75. The molecule has 6 heteroatoms. The highest BCUT2D eigenvalue weighted by Gasteiger charge is 2.24. The molecule has 2 N–H and O–H groups in total. The smallest absolute Gasteiger partial charge is 0.259 e. The summed E-state index contributed by atoms with van der Waals surface area (Å²) in [5.74, 6) is 1.36. The Morgan fingerprint density at radius 1 is 1.39 bits per heavy atom. The van der Waals surface area contributed by atoms with Gasteiger partial charge in [-0.2, -0.15) is 0 Å². The summed E-state index contributed by atoms with van der Waals surface area (Å²) in [6.45, 7) is 2.26. The molecule has 122 valence electrons. The minimum absolute atomic E-state index is 0.0420. The first kappa shape index (κ1) is 14.9. The highest BCUT2D eigenvalue weighted by atomic mass is 32.1. The van der Waals surface area contributed by atoms with Gasteiger partial charge in [-0.3, -0.25) is 9.59 Å². The summed E-state index contributed by atoms with van der Waals surface area (Å²) in [6, 6.07) is 0.378. The molecule has 0 aliphatic heterocycles. The number of carbonyl (C=O) groups excluding carboxylic acids is 1. The van der Waals surface area contributed by atoms with Crippen molar-refractivity contribution in [2.24, 2.45) is 5.92 Å². The lowest BCUT2D eigenvalue weighted by Crippen LogP contribution is -2.26. The van der Waals surface area contributed by atoms with Crippen LogP contribution in [0.25, 0.3) is 10.2 Å². The van der Waals surface area contributed by atoms with E-state index >= 15 is 0 Å². The van der Waals surface area contributed by atoms with Gasteiger partial charge >= 0.3 is 0 Å². The molecule has 0 radical (unpaired) electrons. The van der Waals surface area contributed by atoms with Crippen molar-refractivity contribution in [1.82, 2.24) is 15.3 Å². The molecule has 0 spiro atoms. The number of amides is 1. The molecule has 0 aromatic carbocycles. The zero-order valence-electron chi connectivity index (χ0n) is 13.3. The first-order valence-corrected chi connectivity index (χ1v) is 9.24. The quantitative estimate of drug-likeness (QED) is 0.903. The van der Waals surface area contributed by atoms with E-state index in [0.717, 1.165) is 42.3 Å². The minimum atomic E-state index is -0.0420. The third-order valence-corrected chi connectivity index (χ3v) is 5.89. The summed E-state index contributed by atoms with van der Waals surface area (Å²) in [6.07, 6.45) is 6.22. The van der Waals surface area contributed by atoms with Gasteiger partial charge in [-0.25, -0.2) is 4.98 Å². The van der Waals surface area contributed by atoms with E-state index in [0.29, 0.717) is 30.6 Å². The molecule has 0 unspecified atom stereocenters. The fourth-order valence-electron chi connectivity index (χ4n) is 3.27. The summed E-state index contributed by atoms with van der Waals surface area (Å²) in [4.78, 5) is 33.9. The molecule has 4 rings (SSSR count). The van der Waals surface area contributed by atoms with Crippen LogP contribution in [-0.2, 0) is 24.1 Å². The predicted octanol–water partition coefficient (Wildman–Crippen LogP) is 2.32. The number of H-pyrrole nitrogens is 1. The van der Waals surface area contributed by atoms with Gasteiger partial charge in [0.2, 0.25) is 5.91 Å². The molecule has 1 fully saturated rings. The van der Waals surface area contributed by atoms with Crippen molar-refractivity contribution < 1.29 is 4.79 Å². The molecular weight excluding hydrogens is 310 g/mol. The van der Waals surface area contributed by atoms with Crippen molar-refractivity contribution in [2.45, 2.75) is 57.9 Å². The SMILES string of the molecule is C[C@@H]1CCc2c(sc3nc(CCC(=O)NC4CC4)[nH]c(=O)c23)C1. The van der Waals surface area contributed by atoms with Crippen LogP contribution in [0, 0.1) is 5.92 Å². The Bertz CT molecular complexity index is 819. The maximum Gasteiger partial charge on any atom is 0.259 e. The van der Waals surface area contributed by atoms with E-state index < -0.39 is 0 Å². The number of fused-ring (bicyclic) bond motifs is 3. The number of aromatic nitrogens is 2. The van der Waals surface area contributed by atoms with E-state index in [2.05, 4.69) is 22.2 Å². The molecule has 0 saturated heterocycles. The normalized spacial score (nSPS) is 20.5. The first-order valence-electron chi connectivity index (χ1n) is 8.43. The van der Waals surface area contributed by atoms with Crippen LogP contribution in [0.3, 0.4) is 0 Å². The van der Waals surface area contributed by atoms with E-state index in [-0.39, 0.29) is 11.5 Å². The van der Waals surface area contributed by atoms with Crippen molar-refractivity contribution in [3.05, 3.63) is 26.6 Å². The number of aromatic amines is 1. The molecule has 1 saturated carbocycles. The van der Waals surface area contributed by atoms with Gasteiger partial charge in [-0.15, -0.1) is 11.3 Å². The molecule has 1 amide bonds. The predicted molar refractivity (Wildman–Crippen MR) is 90.9 cm³/mol. The molecule has 2 aromatic rings. The summed E-state index contributed by atoms with van der Waals surface area (Å²) in [5, 5.41) is 3.75. The van der Waals surface area contributed by atoms with Crippen molar-refractivity contribution in [2.75, 3.05) is 0 Å². The lowest BCUT2D eigenvalue weighted by atomic mass is 9.89. The number of nitrogens with zero attached hydrogens (tertiary/aromatic N) is 1. The van der Waals surface area contributed by atoms with Gasteiger partial charge in [0.05, 0.1) is 5.39 Å². The second-order valence-corrected chi connectivity index (χ2v) is 7.97. The van der Waals surface area contributed by atoms with E-state index in [1.165, 1.54) is 10.4 Å². The molecule has 5 nitrogen and oxygen atoms in total. The van der Waals surface area contributed by atoms with Crippen LogP contribution in [0.15, 0.2) is 4.79 Å². The second-order valence-electron chi connectivity index (χ2n) is 6.89. The standard InChI is InChI=1S/C17H21N3O2S/c1-9-2-5-11-12(8-9)23-17-15(11)16(22)19-13(20-17)6-7-14(21)18-10-3-4-10/h9-10H,2-8H2,1H3,(H,18,21)(H,19,20,22)/t9-/m1/s1. The first-order chi connectivity index (χ1) is 11.1. The molecule has 2 aromatic heterocycles. The number of hydrogen-bond donors (Lipinski definition) is 2. The Morgan fingerprint density at radius 2 is 2.22 bits per heavy atom. The van der Waals surface area contributed by atoms with Gasteiger partial charge < -0.3 is 10.3 Å². The number of hydrogen-bond acceptors (Lipinski definition) is 4. The molecule has 23 heavy (non-hydrogen) atoms. The molecule has 0 bridgehead atoms. The highest BCUT2D eigenvalue weighted by Crippen LogP contribution is 2.35. The molecule has 2 aliphatic carbocycles. The number of rotatable bonds is 4. The Labute approximate surface area is 138 Å². The van der Waals surface area contributed by atoms with E-state index in [1.54, 1.807) is 11.3 Å². The Balaban J connectivity index is 1.57. The van der Waals surface area contributed by atoms with E-state index in [9.17, 15) is 9.59 Å². The van der Waals surface area contributed by atoms with Gasteiger partial charge in [0.15, 0.2) is 0 Å². The molecule has 1 atom stereocenters. The maximum atomic E-state index is 12.5. The second kappa shape index (κ2) is 5.74. The fourth-order valence-corrected chi connectivity index (χ4v) is 4.67. The van der Waals surface area contributed by atoms with Gasteiger partial charge in [-0.05, 0) is 43.6 Å². The van der Waals surface area contributed by atoms with Crippen molar-refractivity contribution in [3.8, 4) is 0 Å². The van der Waals surface area contributed by atoms with Crippen LogP contribution >= 0.6 is 11.3 Å². The highest BCUT2D eigenvalue weighted by molar-refractivity contribution is 7.18. The number of nitrogens with one attached hydrogen (secondary N) is 2. The monoisotopic (exact) mass is 331 g/mol. The zero-order valence-corrected chi connectivity index (χ0v) is 14.1. The van der Waals surface area contributed by atoms with Gasteiger partial charge in [0, 0.05) is 23.8 Å². The van der Waals surface area contributed by atoms with Crippen molar-refractivity contribution in [1.29, 1.82) is 0 Å². The van der Waals surface area contributed by atoms with Crippen LogP contribution in [0.4, 0.5) is 0 Å². The summed E-state index contributed by atoms with van der Waals surface area (Å²) >= 11 is 1.66. The van der Waals surface area contributed by atoms with E-state index in [1.807, 2.05) is 0 Å². The Kier molecular flexibility index (Phi) is 3.71.